The van der Waals surface area contributed by atoms with Gasteiger partial charge in [0.05, 0.1) is 11.5 Å². The van der Waals surface area contributed by atoms with E-state index in [4.69, 9.17) is 0 Å². The average Bonchev–Trinajstić information content (AvgIpc) is 2.66. The summed E-state index contributed by atoms with van der Waals surface area (Å²) in [6.45, 7) is 2.41. The van der Waals surface area contributed by atoms with Gasteiger partial charge in [-0.25, -0.2) is 16.8 Å². The zero-order chi connectivity index (χ0) is 11.8. The second-order valence-electron chi connectivity index (χ2n) is 4.39. The van der Waals surface area contributed by atoms with Crippen molar-refractivity contribution in [2.45, 2.75) is 0 Å². The van der Waals surface area contributed by atoms with Gasteiger partial charge >= 0.3 is 0 Å². The Labute approximate surface area is 96.1 Å². The Hall–Kier alpha value is -0.180. The van der Waals surface area contributed by atoms with E-state index in [0.29, 0.717) is 26.2 Å². The molecule has 0 aromatic carbocycles. The van der Waals surface area contributed by atoms with Crippen LogP contribution < -0.4 is 0 Å². The largest absolute Gasteiger partial charge is 0.288 e. The number of nitrogens with zero attached hydrogens (tertiary/aromatic N) is 2. The van der Waals surface area contributed by atoms with Crippen molar-refractivity contribution >= 4 is 19.7 Å². The molecule has 0 aromatic heterocycles. The first-order valence-electron chi connectivity index (χ1n) is 5.22. The fraction of sp³-hybridized carbons (Fsp3) is 1.00. The summed E-state index contributed by atoms with van der Waals surface area (Å²) in [5.74, 6) is 0.692. The van der Waals surface area contributed by atoms with Crippen molar-refractivity contribution in [3.8, 4) is 0 Å². The summed E-state index contributed by atoms with van der Waals surface area (Å²) in [5.41, 5.74) is 0. The van der Waals surface area contributed by atoms with Crippen molar-refractivity contribution in [2.75, 3.05) is 49.4 Å². The Morgan fingerprint density at radius 1 is 0.750 bits per heavy atom. The minimum absolute atomic E-state index is 0.119. The monoisotopic (exact) mass is 268 g/mol. The summed E-state index contributed by atoms with van der Waals surface area (Å²) in [6, 6.07) is 0. The maximum absolute atomic E-state index is 11.2. The normalized spacial score (nSPS) is 29.8. The van der Waals surface area contributed by atoms with Crippen LogP contribution in [0.1, 0.15) is 0 Å². The maximum Gasteiger partial charge on any atom is 0.164 e. The molecule has 0 aromatic rings. The van der Waals surface area contributed by atoms with Gasteiger partial charge < -0.3 is 0 Å². The minimum atomic E-state index is -2.87. The van der Waals surface area contributed by atoms with Gasteiger partial charge in [0, 0.05) is 26.2 Å². The average molecular weight is 268 g/mol. The zero-order valence-electron chi connectivity index (χ0n) is 9.00. The lowest BCUT2D eigenvalue weighted by Crippen LogP contribution is -2.33. The smallest absolute Gasteiger partial charge is 0.164 e. The van der Waals surface area contributed by atoms with Gasteiger partial charge in [-0.2, -0.15) is 0 Å². The number of hydrogen-bond donors (Lipinski definition) is 0. The molecule has 8 heteroatoms. The second-order valence-corrected chi connectivity index (χ2v) is 8.70. The molecule has 0 N–H and O–H groups in total. The van der Waals surface area contributed by atoms with Crippen LogP contribution in [0.4, 0.5) is 0 Å². The van der Waals surface area contributed by atoms with Crippen LogP contribution in [0.3, 0.4) is 0 Å². The lowest BCUT2D eigenvalue weighted by molar-refractivity contribution is 0.271. The van der Waals surface area contributed by atoms with Crippen molar-refractivity contribution in [2.24, 2.45) is 0 Å². The van der Waals surface area contributed by atoms with Gasteiger partial charge in [0.2, 0.25) is 0 Å². The van der Waals surface area contributed by atoms with E-state index in [1.54, 1.807) is 0 Å². The molecule has 0 bridgehead atoms. The van der Waals surface area contributed by atoms with Crippen LogP contribution in [0, 0.1) is 0 Å². The third kappa shape index (κ3) is 3.16. The molecule has 94 valence electrons. The summed E-state index contributed by atoms with van der Waals surface area (Å²) in [6.07, 6.45) is 0. The first-order chi connectivity index (χ1) is 7.36. The highest BCUT2D eigenvalue weighted by Crippen LogP contribution is 2.10. The van der Waals surface area contributed by atoms with Crippen molar-refractivity contribution in [1.29, 1.82) is 0 Å². The summed E-state index contributed by atoms with van der Waals surface area (Å²) in [5, 5.41) is 0. The quantitative estimate of drug-likeness (QED) is 0.611. The molecule has 2 saturated heterocycles. The van der Waals surface area contributed by atoms with Gasteiger partial charge in [-0.1, -0.05) is 0 Å². The van der Waals surface area contributed by atoms with Gasteiger partial charge in [-0.15, -0.1) is 0 Å². The van der Waals surface area contributed by atoms with Gasteiger partial charge in [0.1, 0.15) is 11.8 Å². The van der Waals surface area contributed by atoms with Crippen molar-refractivity contribution in [3.05, 3.63) is 0 Å². The Morgan fingerprint density at radius 2 is 1.12 bits per heavy atom. The lowest BCUT2D eigenvalue weighted by atomic mass is 10.5. The van der Waals surface area contributed by atoms with E-state index in [1.165, 1.54) is 0 Å². The Morgan fingerprint density at radius 3 is 1.38 bits per heavy atom. The van der Waals surface area contributed by atoms with Crippen LogP contribution in [0.25, 0.3) is 0 Å². The first kappa shape index (κ1) is 12.3. The molecular weight excluding hydrogens is 252 g/mol. The van der Waals surface area contributed by atoms with Crippen molar-refractivity contribution in [1.82, 2.24) is 9.80 Å². The van der Waals surface area contributed by atoms with Crippen LogP contribution in [-0.2, 0) is 19.7 Å². The minimum Gasteiger partial charge on any atom is -0.288 e. The Kier molecular flexibility index (Phi) is 3.26. The molecule has 2 heterocycles. The number of rotatable bonds is 3. The van der Waals surface area contributed by atoms with E-state index >= 15 is 0 Å². The molecule has 0 radical (unpaired) electrons. The molecular formula is C8H16N2O4S2. The second kappa shape index (κ2) is 4.25. The summed E-state index contributed by atoms with van der Waals surface area (Å²) in [7, 11) is -5.75. The molecule has 0 unspecified atom stereocenters. The van der Waals surface area contributed by atoms with E-state index in [2.05, 4.69) is 0 Å². The van der Waals surface area contributed by atoms with Crippen LogP contribution in [0.15, 0.2) is 0 Å². The molecule has 16 heavy (non-hydrogen) atoms. The van der Waals surface area contributed by atoms with E-state index in [0.717, 1.165) is 0 Å². The fourth-order valence-electron chi connectivity index (χ4n) is 1.99. The lowest BCUT2D eigenvalue weighted by Gasteiger charge is -2.18. The zero-order valence-corrected chi connectivity index (χ0v) is 10.6. The van der Waals surface area contributed by atoms with Gasteiger partial charge in [-0.05, 0) is 0 Å². The first-order valence-corrected chi connectivity index (χ1v) is 8.86. The third-order valence-electron chi connectivity index (χ3n) is 2.93. The van der Waals surface area contributed by atoms with Crippen LogP contribution in [0.2, 0.25) is 0 Å². The summed E-state index contributed by atoms with van der Waals surface area (Å²) >= 11 is 0. The highest BCUT2D eigenvalue weighted by atomic mass is 32.2. The van der Waals surface area contributed by atoms with Crippen LogP contribution >= 0.6 is 0 Å². The molecule has 2 rings (SSSR count). The molecule has 0 spiro atoms. The van der Waals surface area contributed by atoms with Crippen LogP contribution in [0.5, 0.6) is 0 Å². The van der Waals surface area contributed by atoms with Gasteiger partial charge in [0.15, 0.2) is 19.7 Å². The topological polar surface area (TPSA) is 74.8 Å². The molecule has 0 aliphatic carbocycles. The molecule has 0 amide bonds. The highest BCUT2D eigenvalue weighted by Gasteiger charge is 2.28. The predicted molar refractivity (Wildman–Crippen MR) is 60.5 cm³/mol. The molecule has 0 atom stereocenters. The molecule has 2 aliphatic rings. The molecule has 2 fully saturated rings. The highest BCUT2D eigenvalue weighted by molar-refractivity contribution is 7.91. The molecule has 0 saturated carbocycles. The summed E-state index contributed by atoms with van der Waals surface area (Å²) < 4.78 is 44.8. The van der Waals surface area contributed by atoms with Gasteiger partial charge in [0.25, 0.3) is 0 Å². The van der Waals surface area contributed by atoms with E-state index in [-0.39, 0.29) is 23.3 Å². The fourth-order valence-corrected chi connectivity index (χ4v) is 4.95. The number of hydrogen-bond acceptors (Lipinski definition) is 6. The molecule has 2 aliphatic heterocycles. The standard InChI is InChI=1S/C8H16N2O4S2/c11-15(12)5-3-9(7-15)1-2-10-4-6-16(13,14)8-10/h1-8H2. The maximum atomic E-state index is 11.2. The van der Waals surface area contributed by atoms with Crippen LogP contribution in [-0.4, -0.2) is 76.1 Å². The number of sulfone groups is 2. The predicted octanol–water partition coefficient (Wildman–Crippen LogP) is -1.64. The van der Waals surface area contributed by atoms with Crippen molar-refractivity contribution in [3.63, 3.8) is 0 Å². The van der Waals surface area contributed by atoms with E-state index in [9.17, 15) is 16.8 Å². The van der Waals surface area contributed by atoms with Gasteiger partial charge in [-0.3, -0.25) is 9.80 Å². The van der Waals surface area contributed by atoms with E-state index in [1.807, 2.05) is 9.80 Å². The third-order valence-corrected chi connectivity index (χ3v) is 6.05. The van der Waals surface area contributed by atoms with Crippen molar-refractivity contribution < 1.29 is 16.8 Å². The Balaban J connectivity index is 1.77. The molecule has 6 nitrogen and oxygen atoms in total. The summed E-state index contributed by atoms with van der Waals surface area (Å²) in [4.78, 5) is 3.72. The van der Waals surface area contributed by atoms with E-state index < -0.39 is 19.7 Å². The Bertz CT molecular complexity index is 412. The SMILES string of the molecule is O=S1(=O)CCN(CCN2CCS(=O)(=O)C2)C1.